The molecule has 15 heavy (non-hydrogen) atoms. The summed E-state index contributed by atoms with van der Waals surface area (Å²) in [5, 5.41) is 0. The van der Waals surface area contributed by atoms with Crippen LogP contribution in [0.5, 0.6) is 0 Å². The first kappa shape index (κ1) is 10.7. The van der Waals surface area contributed by atoms with Gasteiger partial charge in [0, 0.05) is 51.2 Å². The van der Waals surface area contributed by atoms with Crippen LogP contribution in [0, 0.1) is 0 Å². The van der Waals surface area contributed by atoms with E-state index >= 15 is 0 Å². The molecule has 1 aromatic rings. The number of hydrogen-bond acceptors (Lipinski definition) is 3. The van der Waals surface area contributed by atoms with E-state index in [0.717, 1.165) is 32.7 Å². The SMILES string of the molecule is CN1CCN(CC(N)c2cc[nH]c2)CC1. The Morgan fingerprint density at radius 2 is 2.13 bits per heavy atom. The van der Waals surface area contributed by atoms with Gasteiger partial charge < -0.3 is 15.6 Å². The standard InChI is InChI=1S/C11H20N4/c1-14-4-6-15(7-5-14)9-11(12)10-2-3-13-8-10/h2-3,8,11,13H,4-7,9,12H2,1H3. The van der Waals surface area contributed by atoms with Gasteiger partial charge in [-0.25, -0.2) is 0 Å². The Bertz CT molecular complexity index is 275. The van der Waals surface area contributed by atoms with Crippen LogP contribution in [-0.4, -0.2) is 54.6 Å². The van der Waals surface area contributed by atoms with Crippen LogP contribution in [0.4, 0.5) is 0 Å². The number of aromatic nitrogens is 1. The van der Waals surface area contributed by atoms with E-state index in [4.69, 9.17) is 5.73 Å². The third-order valence-electron chi connectivity index (χ3n) is 3.10. The minimum Gasteiger partial charge on any atom is -0.367 e. The van der Waals surface area contributed by atoms with Crippen LogP contribution in [-0.2, 0) is 0 Å². The van der Waals surface area contributed by atoms with Gasteiger partial charge in [-0.05, 0) is 18.7 Å². The summed E-state index contributed by atoms with van der Waals surface area (Å²) < 4.78 is 0. The predicted octanol–water partition coefficient (Wildman–Crippen LogP) is 0.262. The maximum absolute atomic E-state index is 6.13. The molecular formula is C11H20N4. The average molecular weight is 208 g/mol. The Morgan fingerprint density at radius 3 is 2.73 bits per heavy atom. The zero-order chi connectivity index (χ0) is 10.7. The van der Waals surface area contributed by atoms with E-state index in [1.807, 2.05) is 12.4 Å². The fourth-order valence-electron chi connectivity index (χ4n) is 1.98. The topological polar surface area (TPSA) is 48.3 Å². The zero-order valence-electron chi connectivity index (χ0n) is 9.32. The molecule has 0 radical (unpaired) electrons. The Balaban J connectivity index is 1.82. The second kappa shape index (κ2) is 4.79. The molecule has 1 atom stereocenters. The first-order chi connectivity index (χ1) is 7.25. The molecule has 2 heterocycles. The molecule has 1 fully saturated rings. The van der Waals surface area contributed by atoms with Gasteiger partial charge in [-0.1, -0.05) is 0 Å². The average Bonchev–Trinajstić information content (AvgIpc) is 2.74. The molecule has 1 unspecified atom stereocenters. The number of aromatic amines is 1. The number of H-pyrrole nitrogens is 1. The highest BCUT2D eigenvalue weighted by Gasteiger charge is 2.17. The summed E-state index contributed by atoms with van der Waals surface area (Å²) in [6.45, 7) is 5.54. The molecule has 1 aromatic heterocycles. The summed E-state index contributed by atoms with van der Waals surface area (Å²) in [6, 6.07) is 2.19. The van der Waals surface area contributed by atoms with Gasteiger partial charge in [0.25, 0.3) is 0 Å². The molecule has 84 valence electrons. The molecule has 3 N–H and O–H groups in total. The largest absolute Gasteiger partial charge is 0.367 e. The molecule has 0 amide bonds. The van der Waals surface area contributed by atoms with Crippen LogP contribution >= 0.6 is 0 Å². The van der Waals surface area contributed by atoms with Gasteiger partial charge in [-0.15, -0.1) is 0 Å². The van der Waals surface area contributed by atoms with Crippen LogP contribution in [0.15, 0.2) is 18.5 Å². The molecule has 1 aliphatic rings. The van der Waals surface area contributed by atoms with E-state index in [2.05, 4.69) is 27.9 Å². The lowest BCUT2D eigenvalue weighted by molar-refractivity contribution is 0.147. The van der Waals surface area contributed by atoms with Crippen molar-refractivity contribution in [3.05, 3.63) is 24.0 Å². The highest BCUT2D eigenvalue weighted by molar-refractivity contribution is 5.13. The van der Waals surface area contributed by atoms with Gasteiger partial charge in [-0.3, -0.25) is 4.90 Å². The fraction of sp³-hybridized carbons (Fsp3) is 0.636. The molecule has 0 aliphatic carbocycles. The maximum Gasteiger partial charge on any atom is 0.0439 e. The molecular weight excluding hydrogens is 188 g/mol. The molecule has 0 spiro atoms. The van der Waals surface area contributed by atoms with Crippen LogP contribution in [0.1, 0.15) is 11.6 Å². The number of nitrogens with one attached hydrogen (secondary N) is 1. The summed E-state index contributed by atoms with van der Waals surface area (Å²) in [6.07, 6.45) is 3.92. The van der Waals surface area contributed by atoms with Crippen molar-refractivity contribution in [3.63, 3.8) is 0 Å². The van der Waals surface area contributed by atoms with E-state index in [0.29, 0.717) is 0 Å². The van der Waals surface area contributed by atoms with Gasteiger partial charge in [0.05, 0.1) is 0 Å². The summed E-state index contributed by atoms with van der Waals surface area (Å²) in [5.41, 5.74) is 7.33. The fourth-order valence-corrected chi connectivity index (χ4v) is 1.98. The van der Waals surface area contributed by atoms with Crippen molar-refractivity contribution in [2.75, 3.05) is 39.8 Å². The van der Waals surface area contributed by atoms with Crippen LogP contribution in [0.2, 0.25) is 0 Å². The number of likely N-dealkylation sites (N-methyl/N-ethyl adjacent to an activating group) is 1. The highest BCUT2D eigenvalue weighted by Crippen LogP contribution is 2.11. The molecule has 0 saturated carbocycles. The van der Waals surface area contributed by atoms with Crippen molar-refractivity contribution in [2.24, 2.45) is 5.73 Å². The summed E-state index contributed by atoms with van der Waals surface area (Å²) in [5.74, 6) is 0. The number of piperazine rings is 1. The normalized spacial score (nSPS) is 21.7. The first-order valence-corrected chi connectivity index (χ1v) is 5.55. The Labute approximate surface area is 91.0 Å². The van der Waals surface area contributed by atoms with Gasteiger partial charge in [0.15, 0.2) is 0 Å². The molecule has 4 nitrogen and oxygen atoms in total. The van der Waals surface area contributed by atoms with Gasteiger partial charge in [-0.2, -0.15) is 0 Å². The second-order valence-electron chi connectivity index (χ2n) is 4.35. The van der Waals surface area contributed by atoms with Crippen LogP contribution in [0.25, 0.3) is 0 Å². The Hall–Kier alpha value is -0.840. The van der Waals surface area contributed by atoms with Crippen LogP contribution in [0.3, 0.4) is 0 Å². The van der Waals surface area contributed by atoms with E-state index in [9.17, 15) is 0 Å². The number of nitrogens with zero attached hydrogens (tertiary/aromatic N) is 2. The molecule has 1 aliphatic heterocycles. The second-order valence-corrected chi connectivity index (χ2v) is 4.35. The number of rotatable bonds is 3. The van der Waals surface area contributed by atoms with Crippen molar-refractivity contribution in [2.45, 2.75) is 6.04 Å². The number of nitrogens with two attached hydrogens (primary N) is 1. The van der Waals surface area contributed by atoms with Gasteiger partial charge in [0.1, 0.15) is 0 Å². The van der Waals surface area contributed by atoms with E-state index in [1.165, 1.54) is 5.56 Å². The smallest absolute Gasteiger partial charge is 0.0439 e. The minimum atomic E-state index is 0.139. The lowest BCUT2D eigenvalue weighted by atomic mass is 10.1. The van der Waals surface area contributed by atoms with Crippen LogP contribution < -0.4 is 5.73 Å². The van der Waals surface area contributed by atoms with Crippen molar-refractivity contribution in [3.8, 4) is 0 Å². The zero-order valence-corrected chi connectivity index (χ0v) is 9.32. The van der Waals surface area contributed by atoms with Crippen molar-refractivity contribution < 1.29 is 0 Å². The maximum atomic E-state index is 6.13. The molecule has 4 heteroatoms. The minimum absolute atomic E-state index is 0.139. The van der Waals surface area contributed by atoms with E-state index in [1.54, 1.807) is 0 Å². The molecule has 0 aromatic carbocycles. The van der Waals surface area contributed by atoms with Crippen molar-refractivity contribution in [1.29, 1.82) is 0 Å². The summed E-state index contributed by atoms with van der Waals surface area (Å²) in [7, 11) is 2.17. The van der Waals surface area contributed by atoms with E-state index in [-0.39, 0.29) is 6.04 Å². The Kier molecular flexibility index (Phi) is 3.41. The lowest BCUT2D eigenvalue weighted by Crippen LogP contribution is -2.46. The van der Waals surface area contributed by atoms with Crippen molar-refractivity contribution in [1.82, 2.24) is 14.8 Å². The lowest BCUT2D eigenvalue weighted by Gasteiger charge is -2.33. The third kappa shape index (κ3) is 2.81. The predicted molar refractivity (Wildman–Crippen MR) is 61.7 cm³/mol. The third-order valence-corrected chi connectivity index (χ3v) is 3.10. The molecule has 1 saturated heterocycles. The highest BCUT2D eigenvalue weighted by atomic mass is 15.2. The number of hydrogen-bond donors (Lipinski definition) is 2. The van der Waals surface area contributed by atoms with E-state index < -0.39 is 0 Å². The van der Waals surface area contributed by atoms with Gasteiger partial charge >= 0.3 is 0 Å². The quantitative estimate of drug-likeness (QED) is 0.749. The Morgan fingerprint density at radius 1 is 1.40 bits per heavy atom. The molecule has 0 bridgehead atoms. The summed E-state index contributed by atoms with van der Waals surface area (Å²) in [4.78, 5) is 7.85. The van der Waals surface area contributed by atoms with Gasteiger partial charge in [0.2, 0.25) is 0 Å². The first-order valence-electron chi connectivity index (χ1n) is 5.55. The van der Waals surface area contributed by atoms with Crippen molar-refractivity contribution >= 4 is 0 Å². The molecule has 2 rings (SSSR count). The summed E-state index contributed by atoms with van der Waals surface area (Å²) >= 11 is 0. The monoisotopic (exact) mass is 208 g/mol.